The van der Waals surface area contributed by atoms with Crippen molar-refractivity contribution in [2.45, 2.75) is 26.2 Å². The number of aromatic nitrogens is 4. The number of benzene rings is 2. The highest BCUT2D eigenvalue weighted by Gasteiger charge is 2.21. The minimum atomic E-state index is -0.422. The largest absolute Gasteiger partial charge is 0.491 e. The standard InChI is InChI=1S/C23H26N6O3/c1-23(2,3)20-13-21(24)29(27-20)22(31)26-15-4-6-16(7-5-15)28-14-25-18-12-17(32-11-10-30)8-9-19(18)28/h4-9,12-14,30H,10-11,24H2,1-3H3,(H,26,31). The van der Waals surface area contributed by atoms with Crippen LogP contribution in [0.1, 0.15) is 26.5 Å². The minimum absolute atomic E-state index is 0.0416. The second kappa shape index (κ2) is 8.35. The Kier molecular flexibility index (Phi) is 5.58. The number of nitrogens with two attached hydrogens (primary N) is 1. The van der Waals surface area contributed by atoms with Gasteiger partial charge in [0.05, 0.1) is 23.3 Å². The van der Waals surface area contributed by atoms with Crippen molar-refractivity contribution in [2.24, 2.45) is 0 Å². The van der Waals surface area contributed by atoms with Crippen molar-refractivity contribution in [1.29, 1.82) is 0 Å². The lowest BCUT2D eigenvalue weighted by Crippen LogP contribution is -2.23. The lowest BCUT2D eigenvalue weighted by molar-refractivity contribution is 0.201. The summed E-state index contributed by atoms with van der Waals surface area (Å²) in [6.07, 6.45) is 1.73. The van der Waals surface area contributed by atoms with E-state index in [1.807, 2.05) is 67.8 Å². The lowest BCUT2D eigenvalue weighted by atomic mass is 9.92. The monoisotopic (exact) mass is 434 g/mol. The average molecular weight is 435 g/mol. The fraction of sp³-hybridized carbons (Fsp3) is 0.261. The SMILES string of the molecule is CC(C)(C)c1cc(N)n(C(=O)Nc2ccc(-n3cnc4cc(OCCO)ccc43)cc2)n1. The van der Waals surface area contributed by atoms with Gasteiger partial charge in [-0.05, 0) is 36.4 Å². The fourth-order valence-electron chi connectivity index (χ4n) is 3.26. The maximum atomic E-state index is 12.6. The number of imidazole rings is 1. The number of anilines is 2. The van der Waals surface area contributed by atoms with E-state index >= 15 is 0 Å². The summed E-state index contributed by atoms with van der Waals surface area (Å²) < 4.78 is 8.56. The second-order valence-corrected chi connectivity index (χ2v) is 8.43. The van der Waals surface area contributed by atoms with Gasteiger partial charge in [0.15, 0.2) is 0 Å². The number of rotatable bonds is 5. The Balaban J connectivity index is 1.51. The first-order valence-electron chi connectivity index (χ1n) is 10.2. The first kappa shape index (κ1) is 21.4. The first-order valence-corrected chi connectivity index (χ1v) is 10.2. The van der Waals surface area contributed by atoms with Crippen molar-refractivity contribution in [3.63, 3.8) is 0 Å². The molecule has 4 rings (SSSR count). The number of aliphatic hydroxyl groups excluding tert-OH is 1. The molecule has 9 nitrogen and oxygen atoms in total. The molecular formula is C23H26N6O3. The highest BCUT2D eigenvalue weighted by atomic mass is 16.5. The van der Waals surface area contributed by atoms with Gasteiger partial charge in [0, 0.05) is 28.9 Å². The Hall–Kier alpha value is -3.85. The van der Waals surface area contributed by atoms with Crippen LogP contribution < -0.4 is 15.8 Å². The van der Waals surface area contributed by atoms with Gasteiger partial charge in [-0.15, -0.1) is 0 Å². The summed E-state index contributed by atoms with van der Waals surface area (Å²) in [5.74, 6) is 0.943. The number of nitrogen functional groups attached to an aromatic ring is 1. The number of carbonyl (C=O) groups excluding carboxylic acids is 1. The van der Waals surface area contributed by atoms with Gasteiger partial charge in [-0.3, -0.25) is 4.57 Å². The first-order chi connectivity index (χ1) is 15.3. The second-order valence-electron chi connectivity index (χ2n) is 8.43. The zero-order valence-corrected chi connectivity index (χ0v) is 18.2. The predicted molar refractivity (Wildman–Crippen MR) is 123 cm³/mol. The highest BCUT2D eigenvalue weighted by molar-refractivity contribution is 5.92. The van der Waals surface area contributed by atoms with E-state index in [4.69, 9.17) is 15.6 Å². The van der Waals surface area contributed by atoms with Gasteiger partial charge in [0.2, 0.25) is 0 Å². The molecule has 0 fully saturated rings. The number of nitrogens with zero attached hydrogens (tertiary/aromatic N) is 4. The maximum Gasteiger partial charge on any atom is 0.348 e. The van der Waals surface area contributed by atoms with Crippen molar-refractivity contribution in [3.8, 4) is 11.4 Å². The van der Waals surface area contributed by atoms with Crippen molar-refractivity contribution in [2.75, 3.05) is 24.3 Å². The summed E-state index contributed by atoms with van der Waals surface area (Å²) in [5.41, 5.74) is 9.72. The summed E-state index contributed by atoms with van der Waals surface area (Å²) in [4.78, 5) is 17.1. The third-order valence-electron chi connectivity index (χ3n) is 4.97. The molecule has 2 aromatic heterocycles. The number of hydrogen-bond acceptors (Lipinski definition) is 6. The molecule has 0 saturated heterocycles. The van der Waals surface area contributed by atoms with E-state index in [-0.39, 0.29) is 24.4 Å². The molecule has 2 heterocycles. The molecule has 0 unspecified atom stereocenters. The number of hydrogen-bond donors (Lipinski definition) is 3. The molecule has 0 spiro atoms. The van der Waals surface area contributed by atoms with E-state index in [9.17, 15) is 4.79 Å². The van der Waals surface area contributed by atoms with Gasteiger partial charge in [0.25, 0.3) is 0 Å². The van der Waals surface area contributed by atoms with Gasteiger partial charge in [-0.2, -0.15) is 9.78 Å². The van der Waals surface area contributed by atoms with E-state index in [0.29, 0.717) is 11.4 Å². The molecule has 0 aliphatic heterocycles. The van der Waals surface area contributed by atoms with Gasteiger partial charge in [-0.1, -0.05) is 20.8 Å². The highest BCUT2D eigenvalue weighted by Crippen LogP contribution is 2.25. The Morgan fingerprint density at radius 3 is 2.56 bits per heavy atom. The van der Waals surface area contributed by atoms with Crippen molar-refractivity contribution in [1.82, 2.24) is 19.3 Å². The quantitative estimate of drug-likeness (QED) is 0.442. The molecule has 166 valence electrons. The molecule has 0 radical (unpaired) electrons. The fourth-order valence-corrected chi connectivity index (χ4v) is 3.26. The zero-order valence-electron chi connectivity index (χ0n) is 18.2. The zero-order chi connectivity index (χ0) is 22.9. The van der Waals surface area contributed by atoms with Crippen LogP contribution in [0, 0.1) is 0 Å². The molecule has 0 atom stereocenters. The summed E-state index contributed by atoms with van der Waals surface area (Å²) in [6, 6.07) is 14.3. The van der Waals surface area contributed by atoms with Crippen LogP contribution in [-0.4, -0.2) is 43.7 Å². The number of ether oxygens (including phenoxy) is 1. The Morgan fingerprint density at radius 1 is 1.16 bits per heavy atom. The molecular weight excluding hydrogens is 408 g/mol. The number of carbonyl (C=O) groups is 1. The van der Waals surface area contributed by atoms with Crippen LogP contribution in [-0.2, 0) is 5.41 Å². The minimum Gasteiger partial charge on any atom is -0.491 e. The lowest BCUT2D eigenvalue weighted by Gasteiger charge is -2.14. The molecule has 4 aromatic rings. The van der Waals surface area contributed by atoms with Crippen LogP contribution in [0.15, 0.2) is 54.9 Å². The number of aliphatic hydroxyl groups is 1. The third kappa shape index (κ3) is 4.28. The van der Waals surface area contributed by atoms with E-state index in [0.717, 1.165) is 22.4 Å². The van der Waals surface area contributed by atoms with Crippen LogP contribution in [0.25, 0.3) is 16.7 Å². The average Bonchev–Trinajstić information content (AvgIpc) is 3.36. The van der Waals surface area contributed by atoms with Gasteiger partial charge in [0.1, 0.15) is 24.5 Å². The van der Waals surface area contributed by atoms with Crippen LogP contribution in [0.5, 0.6) is 5.75 Å². The topological polar surface area (TPSA) is 120 Å². The molecule has 1 amide bonds. The molecule has 32 heavy (non-hydrogen) atoms. The normalized spacial score (nSPS) is 11.6. The summed E-state index contributed by atoms with van der Waals surface area (Å²) in [5, 5.41) is 16.1. The van der Waals surface area contributed by atoms with Gasteiger partial charge in [-0.25, -0.2) is 9.78 Å². The van der Waals surface area contributed by atoms with E-state index in [1.54, 1.807) is 12.4 Å². The Labute approximate surface area is 185 Å². The van der Waals surface area contributed by atoms with Crippen molar-refractivity contribution >= 4 is 28.6 Å². The van der Waals surface area contributed by atoms with Crippen molar-refractivity contribution in [3.05, 3.63) is 60.6 Å². The molecule has 0 saturated carbocycles. The van der Waals surface area contributed by atoms with Crippen LogP contribution in [0.2, 0.25) is 0 Å². The maximum absolute atomic E-state index is 12.6. The number of fused-ring (bicyclic) bond motifs is 1. The molecule has 0 aliphatic carbocycles. The van der Waals surface area contributed by atoms with Crippen molar-refractivity contribution < 1.29 is 14.6 Å². The number of amides is 1. The number of nitrogens with one attached hydrogen (secondary N) is 1. The molecule has 4 N–H and O–H groups in total. The molecule has 0 aliphatic rings. The summed E-state index contributed by atoms with van der Waals surface area (Å²) >= 11 is 0. The summed E-state index contributed by atoms with van der Waals surface area (Å²) in [7, 11) is 0. The van der Waals surface area contributed by atoms with E-state index < -0.39 is 6.03 Å². The van der Waals surface area contributed by atoms with Crippen LogP contribution >= 0.6 is 0 Å². The van der Waals surface area contributed by atoms with Gasteiger partial charge < -0.3 is 20.9 Å². The van der Waals surface area contributed by atoms with E-state index in [2.05, 4.69) is 15.4 Å². The predicted octanol–water partition coefficient (Wildman–Crippen LogP) is 3.55. The van der Waals surface area contributed by atoms with Crippen LogP contribution in [0.3, 0.4) is 0 Å². The summed E-state index contributed by atoms with van der Waals surface area (Å²) in [6.45, 7) is 6.23. The third-order valence-corrected chi connectivity index (χ3v) is 4.97. The van der Waals surface area contributed by atoms with Crippen LogP contribution in [0.4, 0.5) is 16.3 Å². The van der Waals surface area contributed by atoms with E-state index in [1.165, 1.54) is 4.68 Å². The molecule has 0 bridgehead atoms. The smallest absolute Gasteiger partial charge is 0.348 e. The Morgan fingerprint density at radius 2 is 1.91 bits per heavy atom. The Bertz CT molecular complexity index is 1250. The van der Waals surface area contributed by atoms with Gasteiger partial charge >= 0.3 is 6.03 Å². The molecule has 2 aromatic carbocycles. The molecule has 9 heteroatoms.